The summed E-state index contributed by atoms with van der Waals surface area (Å²) in [5, 5.41) is 9.99. The lowest BCUT2D eigenvalue weighted by atomic mass is 10.2. The molecule has 0 amide bonds. The van der Waals surface area contributed by atoms with Gasteiger partial charge in [-0.2, -0.15) is 0 Å². The molecule has 1 aromatic rings. The highest BCUT2D eigenvalue weighted by Gasteiger charge is 2.19. The fraction of sp³-hybridized carbons (Fsp3) is 0.571. The molecule has 2 unspecified atom stereocenters. The average Bonchev–Trinajstić information content (AvgIpc) is 2.38. The summed E-state index contributed by atoms with van der Waals surface area (Å²) in [6.45, 7) is 5.48. The Morgan fingerprint density at radius 1 is 1.47 bits per heavy atom. The number of halogens is 1. The summed E-state index contributed by atoms with van der Waals surface area (Å²) in [7, 11) is 0. The van der Waals surface area contributed by atoms with Crippen molar-refractivity contribution in [2.45, 2.75) is 19.1 Å². The number of aliphatic hydroxyl groups excluding tert-OH is 1. The van der Waals surface area contributed by atoms with E-state index in [0.717, 1.165) is 29.9 Å². The molecule has 0 saturated carbocycles. The first-order valence-electron chi connectivity index (χ1n) is 6.54. The highest BCUT2D eigenvalue weighted by Crippen LogP contribution is 2.16. The Balaban J connectivity index is 1.72. The predicted octanol–water partition coefficient (Wildman–Crippen LogP) is 1.91. The molecule has 1 aliphatic rings. The Bertz CT molecular complexity index is 385. The second-order valence-electron chi connectivity index (χ2n) is 4.86. The van der Waals surface area contributed by atoms with Gasteiger partial charge in [0.1, 0.15) is 18.5 Å². The van der Waals surface area contributed by atoms with Crippen LogP contribution in [0.4, 0.5) is 0 Å². The maximum Gasteiger partial charge on any atom is 0.119 e. The van der Waals surface area contributed by atoms with Crippen LogP contribution < -0.4 is 4.74 Å². The van der Waals surface area contributed by atoms with E-state index >= 15 is 0 Å². The van der Waals surface area contributed by atoms with Gasteiger partial charge in [-0.3, -0.25) is 4.90 Å². The molecule has 1 aliphatic heterocycles. The number of β-amino-alcohol motifs (C(OH)–C–C–N with tert-alkyl or cyclic N) is 1. The van der Waals surface area contributed by atoms with E-state index in [4.69, 9.17) is 9.47 Å². The van der Waals surface area contributed by atoms with E-state index in [2.05, 4.69) is 27.8 Å². The molecular weight excluding hydrogens is 310 g/mol. The smallest absolute Gasteiger partial charge is 0.119 e. The van der Waals surface area contributed by atoms with Gasteiger partial charge in [-0.05, 0) is 31.2 Å². The molecule has 4 nitrogen and oxygen atoms in total. The number of hydrogen-bond acceptors (Lipinski definition) is 4. The molecule has 1 heterocycles. The van der Waals surface area contributed by atoms with Crippen LogP contribution in [0.25, 0.3) is 0 Å². The second-order valence-corrected chi connectivity index (χ2v) is 5.78. The van der Waals surface area contributed by atoms with Crippen LogP contribution in [0.1, 0.15) is 6.92 Å². The van der Waals surface area contributed by atoms with Crippen molar-refractivity contribution in [2.75, 3.05) is 32.8 Å². The highest BCUT2D eigenvalue weighted by molar-refractivity contribution is 9.10. The number of hydrogen-bond donors (Lipinski definition) is 1. The first-order chi connectivity index (χ1) is 9.13. The Hall–Kier alpha value is -0.620. The van der Waals surface area contributed by atoms with Crippen molar-refractivity contribution in [1.29, 1.82) is 0 Å². The van der Waals surface area contributed by atoms with Crippen LogP contribution in [-0.4, -0.2) is 55.1 Å². The topological polar surface area (TPSA) is 41.9 Å². The molecule has 0 radical (unpaired) electrons. The molecule has 1 N–H and O–H groups in total. The fourth-order valence-corrected chi connectivity index (χ4v) is 2.39. The van der Waals surface area contributed by atoms with E-state index in [0.29, 0.717) is 13.2 Å². The molecule has 0 aliphatic carbocycles. The maximum atomic E-state index is 9.99. The first-order valence-corrected chi connectivity index (χ1v) is 7.33. The third-order valence-corrected chi connectivity index (χ3v) is 3.58. The molecule has 1 aromatic carbocycles. The van der Waals surface area contributed by atoms with Crippen molar-refractivity contribution in [3.63, 3.8) is 0 Å². The zero-order valence-electron chi connectivity index (χ0n) is 11.1. The van der Waals surface area contributed by atoms with E-state index in [1.165, 1.54) is 0 Å². The number of ether oxygens (including phenoxy) is 2. The van der Waals surface area contributed by atoms with Crippen LogP contribution in [0, 0.1) is 0 Å². The second kappa shape index (κ2) is 7.24. The first kappa shape index (κ1) is 14.8. The van der Waals surface area contributed by atoms with E-state index < -0.39 is 6.10 Å². The minimum Gasteiger partial charge on any atom is -0.491 e. The number of rotatable bonds is 5. The largest absolute Gasteiger partial charge is 0.491 e. The lowest BCUT2D eigenvalue weighted by Gasteiger charge is -2.32. The van der Waals surface area contributed by atoms with Gasteiger partial charge in [-0.15, -0.1) is 0 Å². The summed E-state index contributed by atoms with van der Waals surface area (Å²) >= 11 is 3.37. The normalized spacial score (nSPS) is 22.2. The van der Waals surface area contributed by atoms with Crippen LogP contribution in [0.5, 0.6) is 5.75 Å². The lowest BCUT2D eigenvalue weighted by Crippen LogP contribution is -2.45. The molecule has 1 saturated heterocycles. The molecule has 0 spiro atoms. The third-order valence-electron chi connectivity index (χ3n) is 3.05. The quantitative estimate of drug-likeness (QED) is 0.896. The summed E-state index contributed by atoms with van der Waals surface area (Å²) in [4.78, 5) is 2.21. The zero-order chi connectivity index (χ0) is 13.7. The minimum absolute atomic E-state index is 0.244. The molecule has 19 heavy (non-hydrogen) atoms. The van der Waals surface area contributed by atoms with Crippen LogP contribution in [0.2, 0.25) is 0 Å². The van der Waals surface area contributed by atoms with Gasteiger partial charge < -0.3 is 14.6 Å². The van der Waals surface area contributed by atoms with E-state index in [1.54, 1.807) is 0 Å². The Morgan fingerprint density at radius 2 is 2.21 bits per heavy atom. The zero-order valence-corrected chi connectivity index (χ0v) is 12.7. The van der Waals surface area contributed by atoms with Crippen molar-refractivity contribution in [3.05, 3.63) is 28.7 Å². The van der Waals surface area contributed by atoms with Gasteiger partial charge in [0.15, 0.2) is 0 Å². The van der Waals surface area contributed by atoms with Crippen molar-refractivity contribution >= 4 is 15.9 Å². The minimum atomic E-state index is -0.478. The summed E-state index contributed by atoms with van der Waals surface area (Å²) in [5.41, 5.74) is 0. The number of morpholine rings is 1. The van der Waals surface area contributed by atoms with E-state index in [1.807, 2.05) is 24.3 Å². The number of aliphatic hydroxyl groups is 1. The molecule has 106 valence electrons. The summed E-state index contributed by atoms with van der Waals surface area (Å²) < 4.78 is 12.0. The lowest BCUT2D eigenvalue weighted by molar-refractivity contribution is -0.0361. The van der Waals surface area contributed by atoms with Gasteiger partial charge in [0, 0.05) is 24.1 Å². The van der Waals surface area contributed by atoms with Crippen LogP contribution in [0.3, 0.4) is 0 Å². The molecule has 5 heteroatoms. The monoisotopic (exact) mass is 329 g/mol. The highest BCUT2D eigenvalue weighted by atomic mass is 79.9. The standard InChI is InChI=1S/C14H20BrNO3/c1-11-8-16(6-7-18-11)9-13(17)10-19-14-4-2-12(15)3-5-14/h2-5,11,13,17H,6-10H2,1H3. The van der Waals surface area contributed by atoms with Crippen LogP contribution >= 0.6 is 15.9 Å². The van der Waals surface area contributed by atoms with E-state index in [-0.39, 0.29) is 6.10 Å². The maximum absolute atomic E-state index is 9.99. The Morgan fingerprint density at radius 3 is 2.89 bits per heavy atom. The van der Waals surface area contributed by atoms with Gasteiger partial charge in [0.2, 0.25) is 0 Å². The van der Waals surface area contributed by atoms with Gasteiger partial charge in [-0.1, -0.05) is 15.9 Å². The van der Waals surface area contributed by atoms with Crippen LogP contribution in [-0.2, 0) is 4.74 Å². The molecule has 2 atom stereocenters. The van der Waals surface area contributed by atoms with Gasteiger partial charge >= 0.3 is 0 Å². The van der Waals surface area contributed by atoms with E-state index in [9.17, 15) is 5.11 Å². The summed E-state index contributed by atoms with van der Waals surface area (Å²) in [6.07, 6.45) is -0.234. The average molecular weight is 330 g/mol. The fourth-order valence-electron chi connectivity index (χ4n) is 2.13. The SMILES string of the molecule is CC1CN(CC(O)COc2ccc(Br)cc2)CCO1. The van der Waals surface area contributed by atoms with Gasteiger partial charge in [-0.25, -0.2) is 0 Å². The number of benzene rings is 1. The van der Waals surface area contributed by atoms with Crippen molar-refractivity contribution in [3.8, 4) is 5.75 Å². The third kappa shape index (κ3) is 5.10. The predicted molar refractivity (Wildman–Crippen MR) is 77.5 cm³/mol. The van der Waals surface area contributed by atoms with Crippen molar-refractivity contribution in [1.82, 2.24) is 4.90 Å². The van der Waals surface area contributed by atoms with Crippen molar-refractivity contribution < 1.29 is 14.6 Å². The van der Waals surface area contributed by atoms with Crippen LogP contribution in [0.15, 0.2) is 28.7 Å². The molecule has 2 rings (SSSR count). The number of nitrogens with zero attached hydrogens (tertiary/aromatic N) is 1. The molecule has 0 bridgehead atoms. The van der Waals surface area contributed by atoms with Gasteiger partial charge in [0.25, 0.3) is 0 Å². The molecule has 1 fully saturated rings. The molecule has 0 aromatic heterocycles. The van der Waals surface area contributed by atoms with Gasteiger partial charge in [0.05, 0.1) is 12.7 Å². The van der Waals surface area contributed by atoms with Crippen molar-refractivity contribution in [2.24, 2.45) is 0 Å². The Kier molecular flexibility index (Phi) is 5.63. The summed E-state index contributed by atoms with van der Waals surface area (Å²) in [6, 6.07) is 7.61. The Labute approximate surface area is 122 Å². The summed E-state index contributed by atoms with van der Waals surface area (Å²) in [5.74, 6) is 0.776. The molecular formula is C14H20BrNO3.